The molecule has 2 N–H and O–H groups in total. The molecule has 0 aliphatic rings. The van der Waals surface area contributed by atoms with Crippen LogP contribution in [-0.2, 0) is 0 Å². The number of aryl methyl sites for hydroxylation is 1. The lowest BCUT2D eigenvalue weighted by atomic mass is 10.2. The maximum Gasteiger partial charge on any atom is 0.274 e. The molecule has 8 heteroatoms. The molecule has 0 bridgehead atoms. The summed E-state index contributed by atoms with van der Waals surface area (Å²) in [5.41, 5.74) is 3.05. The van der Waals surface area contributed by atoms with E-state index in [9.17, 15) is 9.18 Å². The van der Waals surface area contributed by atoms with Crippen LogP contribution in [0.1, 0.15) is 16.2 Å². The minimum absolute atomic E-state index is 0.0693. The Morgan fingerprint density at radius 3 is 2.36 bits per heavy atom. The van der Waals surface area contributed by atoms with Gasteiger partial charge in [0.25, 0.3) is 5.91 Å². The Hall–Kier alpha value is -3.19. The predicted octanol–water partition coefficient (Wildman–Crippen LogP) is 4.64. The van der Waals surface area contributed by atoms with Gasteiger partial charge in [-0.1, -0.05) is 11.6 Å². The van der Waals surface area contributed by atoms with Gasteiger partial charge in [-0.05, 0) is 55.5 Å². The fourth-order valence-corrected chi connectivity index (χ4v) is 2.66. The number of amides is 1. The van der Waals surface area contributed by atoms with Crippen LogP contribution in [0.5, 0.6) is 0 Å². The summed E-state index contributed by atoms with van der Waals surface area (Å²) in [5, 5.41) is 5.68. The zero-order chi connectivity index (χ0) is 20.3. The van der Waals surface area contributed by atoms with Gasteiger partial charge in [0.15, 0.2) is 0 Å². The van der Waals surface area contributed by atoms with Crippen molar-refractivity contribution < 1.29 is 9.18 Å². The molecule has 144 valence electrons. The molecule has 0 saturated heterocycles. The third kappa shape index (κ3) is 4.75. The fraction of sp³-hybridized carbons (Fsp3) is 0.150. The second-order valence-electron chi connectivity index (χ2n) is 6.37. The van der Waals surface area contributed by atoms with Gasteiger partial charge in [0, 0.05) is 36.9 Å². The summed E-state index contributed by atoms with van der Waals surface area (Å²) in [7, 11) is 3.93. The van der Waals surface area contributed by atoms with Crippen molar-refractivity contribution in [3.8, 4) is 0 Å². The highest BCUT2D eigenvalue weighted by Crippen LogP contribution is 2.21. The van der Waals surface area contributed by atoms with Gasteiger partial charge in [-0.2, -0.15) is 0 Å². The molecule has 28 heavy (non-hydrogen) atoms. The maximum absolute atomic E-state index is 13.3. The van der Waals surface area contributed by atoms with E-state index >= 15 is 0 Å². The summed E-state index contributed by atoms with van der Waals surface area (Å²) in [5.74, 6) is -0.691. The van der Waals surface area contributed by atoms with E-state index in [-0.39, 0.29) is 10.7 Å². The van der Waals surface area contributed by atoms with Crippen molar-refractivity contribution in [2.75, 3.05) is 29.6 Å². The number of anilines is 4. The number of nitrogens with one attached hydrogen (secondary N) is 2. The smallest absolute Gasteiger partial charge is 0.274 e. The van der Waals surface area contributed by atoms with Crippen molar-refractivity contribution >= 4 is 40.5 Å². The number of benzene rings is 2. The monoisotopic (exact) mass is 399 g/mol. The Morgan fingerprint density at radius 1 is 1.04 bits per heavy atom. The Morgan fingerprint density at radius 2 is 1.71 bits per heavy atom. The third-order valence-electron chi connectivity index (χ3n) is 3.90. The van der Waals surface area contributed by atoms with E-state index in [0.29, 0.717) is 17.3 Å². The Bertz CT molecular complexity index is 1010. The predicted molar refractivity (Wildman–Crippen MR) is 110 cm³/mol. The van der Waals surface area contributed by atoms with Gasteiger partial charge in [-0.15, -0.1) is 0 Å². The molecule has 0 spiro atoms. The highest BCUT2D eigenvalue weighted by atomic mass is 35.5. The summed E-state index contributed by atoms with van der Waals surface area (Å²) in [6.07, 6.45) is 0. The van der Waals surface area contributed by atoms with E-state index < -0.39 is 11.7 Å². The molecular formula is C20H19ClFN5O. The molecule has 0 atom stereocenters. The molecular weight excluding hydrogens is 381 g/mol. The minimum Gasteiger partial charge on any atom is -0.378 e. The molecule has 1 heterocycles. The van der Waals surface area contributed by atoms with Crippen molar-refractivity contribution in [1.82, 2.24) is 9.97 Å². The minimum atomic E-state index is -0.552. The van der Waals surface area contributed by atoms with Crippen LogP contribution in [0.4, 0.5) is 27.4 Å². The molecule has 0 radical (unpaired) electrons. The Balaban J connectivity index is 1.78. The van der Waals surface area contributed by atoms with Crippen LogP contribution in [0, 0.1) is 12.7 Å². The van der Waals surface area contributed by atoms with Gasteiger partial charge in [0.05, 0.1) is 5.02 Å². The second-order valence-corrected chi connectivity index (χ2v) is 6.77. The average Bonchev–Trinajstić information content (AvgIpc) is 2.64. The molecule has 0 fully saturated rings. The Labute approximate surface area is 167 Å². The van der Waals surface area contributed by atoms with Crippen LogP contribution >= 0.6 is 11.6 Å². The van der Waals surface area contributed by atoms with Crippen molar-refractivity contribution in [3.05, 3.63) is 70.8 Å². The van der Waals surface area contributed by atoms with Crippen LogP contribution in [0.25, 0.3) is 0 Å². The summed E-state index contributed by atoms with van der Waals surface area (Å²) in [6.45, 7) is 1.77. The molecule has 6 nitrogen and oxygen atoms in total. The standard InChI is InChI=1S/C20H19ClFN5O/c1-12-10-18(19(28)24-14-6-9-17(22)16(21)11-14)26-20(23-12)25-13-4-7-15(8-5-13)27(2)3/h4-11H,1-3H3,(H,24,28)(H,23,25,26). The topological polar surface area (TPSA) is 70.2 Å². The quantitative estimate of drug-likeness (QED) is 0.654. The zero-order valence-corrected chi connectivity index (χ0v) is 16.4. The van der Waals surface area contributed by atoms with Crippen molar-refractivity contribution in [3.63, 3.8) is 0 Å². The lowest BCUT2D eigenvalue weighted by molar-refractivity contribution is 0.102. The normalized spacial score (nSPS) is 10.5. The maximum atomic E-state index is 13.3. The summed E-state index contributed by atoms with van der Waals surface area (Å²) >= 11 is 5.75. The number of hydrogen-bond donors (Lipinski definition) is 2. The van der Waals surface area contributed by atoms with Gasteiger partial charge >= 0.3 is 0 Å². The number of hydrogen-bond acceptors (Lipinski definition) is 5. The highest BCUT2D eigenvalue weighted by molar-refractivity contribution is 6.31. The van der Waals surface area contributed by atoms with Crippen LogP contribution in [-0.4, -0.2) is 30.0 Å². The van der Waals surface area contributed by atoms with Crippen LogP contribution < -0.4 is 15.5 Å². The second kappa shape index (κ2) is 8.22. The van der Waals surface area contributed by atoms with Crippen molar-refractivity contribution in [1.29, 1.82) is 0 Å². The van der Waals surface area contributed by atoms with Crippen LogP contribution in [0.15, 0.2) is 48.5 Å². The van der Waals surface area contributed by atoms with Crippen molar-refractivity contribution in [2.45, 2.75) is 6.92 Å². The molecule has 0 aliphatic carbocycles. The number of carbonyl (C=O) groups is 1. The first-order valence-corrected chi connectivity index (χ1v) is 8.86. The largest absolute Gasteiger partial charge is 0.378 e. The van der Waals surface area contributed by atoms with Gasteiger partial charge in [-0.3, -0.25) is 4.79 Å². The number of carbonyl (C=O) groups excluding carboxylic acids is 1. The van der Waals surface area contributed by atoms with Crippen LogP contribution in [0.2, 0.25) is 5.02 Å². The van der Waals surface area contributed by atoms with Gasteiger partial charge in [0.1, 0.15) is 11.5 Å². The SMILES string of the molecule is Cc1cc(C(=O)Nc2ccc(F)c(Cl)c2)nc(Nc2ccc(N(C)C)cc2)n1. The molecule has 3 rings (SSSR count). The molecule has 0 aliphatic heterocycles. The third-order valence-corrected chi connectivity index (χ3v) is 4.19. The average molecular weight is 400 g/mol. The van der Waals surface area contributed by atoms with E-state index in [1.54, 1.807) is 13.0 Å². The molecule has 0 saturated carbocycles. The van der Waals surface area contributed by atoms with Gasteiger partial charge in [-0.25, -0.2) is 14.4 Å². The molecule has 3 aromatic rings. The lowest BCUT2D eigenvalue weighted by Crippen LogP contribution is -2.15. The summed E-state index contributed by atoms with van der Waals surface area (Å²) in [6, 6.07) is 13.3. The zero-order valence-electron chi connectivity index (χ0n) is 15.6. The fourth-order valence-electron chi connectivity index (χ4n) is 2.48. The Kier molecular flexibility index (Phi) is 5.75. The number of nitrogens with zero attached hydrogens (tertiary/aromatic N) is 3. The van der Waals surface area contributed by atoms with E-state index in [1.165, 1.54) is 18.2 Å². The summed E-state index contributed by atoms with van der Waals surface area (Å²) in [4.78, 5) is 23.1. The lowest BCUT2D eigenvalue weighted by Gasteiger charge is -2.13. The summed E-state index contributed by atoms with van der Waals surface area (Å²) < 4.78 is 13.3. The van der Waals surface area contributed by atoms with Gasteiger partial charge in [0.2, 0.25) is 5.95 Å². The number of rotatable bonds is 5. The molecule has 1 aromatic heterocycles. The van der Waals surface area contributed by atoms with E-state index in [0.717, 1.165) is 11.4 Å². The molecule has 0 unspecified atom stereocenters. The first-order chi connectivity index (χ1) is 13.3. The first-order valence-electron chi connectivity index (χ1n) is 8.48. The van der Waals surface area contributed by atoms with E-state index in [1.807, 2.05) is 43.3 Å². The highest BCUT2D eigenvalue weighted by Gasteiger charge is 2.12. The number of aromatic nitrogens is 2. The van der Waals surface area contributed by atoms with Crippen molar-refractivity contribution in [2.24, 2.45) is 0 Å². The van der Waals surface area contributed by atoms with Gasteiger partial charge < -0.3 is 15.5 Å². The first kappa shape index (κ1) is 19.6. The van der Waals surface area contributed by atoms with E-state index in [4.69, 9.17) is 11.6 Å². The molecule has 2 aromatic carbocycles. The van der Waals surface area contributed by atoms with E-state index in [2.05, 4.69) is 20.6 Å². The molecule has 1 amide bonds. The van der Waals surface area contributed by atoms with Crippen LogP contribution in [0.3, 0.4) is 0 Å². The number of halogens is 2.